The third-order valence-corrected chi connectivity index (χ3v) is 6.15. The van der Waals surface area contributed by atoms with Crippen molar-refractivity contribution < 1.29 is 13.9 Å². The maximum Gasteiger partial charge on any atom is 0.417 e. The number of nitrogens with zero attached hydrogens (tertiary/aromatic N) is 3. The number of carbonyl (C=O) groups excluding carboxylic acids is 1. The predicted molar refractivity (Wildman–Crippen MR) is 85.5 cm³/mol. The Bertz CT molecular complexity index is 736. The molecule has 1 atom stereocenters. The smallest absolute Gasteiger partial charge is 0.417 e. The van der Waals surface area contributed by atoms with Gasteiger partial charge in [0.25, 0.3) is 0 Å². The van der Waals surface area contributed by atoms with E-state index in [0.717, 1.165) is 42.9 Å². The van der Waals surface area contributed by atoms with Gasteiger partial charge in [0.05, 0.1) is 16.9 Å². The number of amides is 1. The summed E-state index contributed by atoms with van der Waals surface area (Å²) >= 11 is 1.55. The second-order valence-corrected chi connectivity index (χ2v) is 7.49. The summed E-state index contributed by atoms with van der Waals surface area (Å²) in [5, 5.41) is 0. The summed E-state index contributed by atoms with van der Waals surface area (Å²) in [6.07, 6.45) is 5.43. The van der Waals surface area contributed by atoms with Crippen molar-refractivity contribution in [2.45, 2.75) is 18.4 Å². The Balaban J connectivity index is 1.43. The highest BCUT2D eigenvalue weighted by molar-refractivity contribution is 7.13. The predicted octanol–water partition coefficient (Wildman–Crippen LogP) is 2.82. The number of hydrogen-bond donors (Lipinski definition) is 0. The molecule has 2 aromatic rings. The number of aromatic nitrogens is 1. The van der Waals surface area contributed by atoms with Crippen LogP contribution in [0.3, 0.4) is 0 Å². The number of thiazole rings is 1. The van der Waals surface area contributed by atoms with E-state index >= 15 is 0 Å². The molecule has 2 aromatic heterocycles. The van der Waals surface area contributed by atoms with Gasteiger partial charge in [-0.2, -0.15) is 0 Å². The van der Waals surface area contributed by atoms with Crippen LogP contribution in [0.5, 0.6) is 0 Å². The first kappa shape index (κ1) is 13.6. The standard InChI is InChI=1S/C16H17N3O3S/c20-15-19(14-5-11(7-21-14)13-6-17-10-23-13)9-16(22-15)8-18-3-1-12(16)2-4-18/h5-7,10,12H,1-4,8-9H2/t16-/m1/s1. The van der Waals surface area contributed by atoms with Crippen molar-refractivity contribution >= 4 is 23.3 Å². The second-order valence-electron chi connectivity index (χ2n) is 6.61. The molecule has 4 fully saturated rings. The van der Waals surface area contributed by atoms with Gasteiger partial charge in [-0.15, -0.1) is 11.3 Å². The van der Waals surface area contributed by atoms with E-state index < -0.39 is 0 Å². The van der Waals surface area contributed by atoms with Gasteiger partial charge in [0, 0.05) is 30.3 Å². The van der Waals surface area contributed by atoms with Crippen LogP contribution in [0.2, 0.25) is 0 Å². The van der Waals surface area contributed by atoms with Gasteiger partial charge in [-0.3, -0.25) is 9.88 Å². The van der Waals surface area contributed by atoms with Crippen LogP contribution in [0.4, 0.5) is 10.7 Å². The maximum absolute atomic E-state index is 12.4. The summed E-state index contributed by atoms with van der Waals surface area (Å²) in [4.78, 5) is 21.6. The first-order valence-electron chi connectivity index (χ1n) is 7.94. The number of fused-ring (bicyclic) bond motifs is 2. The Labute approximate surface area is 137 Å². The van der Waals surface area contributed by atoms with Gasteiger partial charge in [-0.25, -0.2) is 9.69 Å². The van der Waals surface area contributed by atoms with Gasteiger partial charge in [0.2, 0.25) is 5.88 Å². The summed E-state index contributed by atoms with van der Waals surface area (Å²) in [7, 11) is 0. The molecular formula is C16H17N3O3S. The van der Waals surface area contributed by atoms with E-state index in [4.69, 9.17) is 9.15 Å². The zero-order valence-corrected chi connectivity index (χ0v) is 13.4. The van der Waals surface area contributed by atoms with Crippen LogP contribution in [-0.2, 0) is 4.74 Å². The number of anilines is 1. The lowest BCUT2D eigenvalue weighted by atomic mass is 9.75. The minimum absolute atomic E-state index is 0.288. The molecular weight excluding hydrogens is 314 g/mol. The molecule has 1 amide bonds. The van der Waals surface area contributed by atoms with E-state index in [-0.39, 0.29) is 11.7 Å². The molecule has 0 saturated carbocycles. The first-order chi connectivity index (χ1) is 11.2. The van der Waals surface area contributed by atoms with E-state index in [9.17, 15) is 4.79 Å². The van der Waals surface area contributed by atoms with Gasteiger partial charge < -0.3 is 9.15 Å². The van der Waals surface area contributed by atoms with Gasteiger partial charge in [0.1, 0.15) is 11.9 Å². The minimum atomic E-state index is -0.356. The summed E-state index contributed by atoms with van der Waals surface area (Å²) in [6, 6.07) is 1.90. The van der Waals surface area contributed by atoms with E-state index in [0.29, 0.717) is 18.3 Å². The van der Waals surface area contributed by atoms with E-state index in [1.165, 1.54) is 0 Å². The van der Waals surface area contributed by atoms with Gasteiger partial charge in [-0.05, 0) is 25.9 Å². The van der Waals surface area contributed by atoms with E-state index in [1.807, 2.05) is 6.07 Å². The SMILES string of the molecule is O=C1O[C@]2(CN3CCC2CC3)CN1c1cc(-c2cncs2)co1. The van der Waals surface area contributed by atoms with Gasteiger partial charge in [-0.1, -0.05) is 0 Å². The Hall–Kier alpha value is -1.86. The zero-order chi connectivity index (χ0) is 15.4. The number of rotatable bonds is 2. The summed E-state index contributed by atoms with van der Waals surface area (Å²) in [5.74, 6) is 1.03. The molecule has 6 nitrogen and oxygen atoms in total. The molecule has 4 aliphatic heterocycles. The molecule has 1 spiro atoms. The van der Waals surface area contributed by atoms with Crippen LogP contribution < -0.4 is 4.90 Å². The van der Waals surface area contributed by atoms with Crippen molar-refractivity contribution in [2.24, 2.45) is 5.92 Å². The first-order valence-corrected chi connectivity index (χ1v) is 8.82. The number of ether oxygens (including phenoxy) is 1. The molecule has 120 valence electrons. The topological polar surface area (TPSA) is 58.8 Å². The van der Waals surface area contributed by atoms with E-state index in [2.05, 4.69) is 9.88 Å². The van der Waals surface area contributed by atoms with Crippen LogP contribution >= 0.6 is 11.3 Å². The molecule has 0 radical (unpaired) electrons. The number of carbonyl (C=O) groups is 1. The molecule has 4 saturated heterocycles. The van der Waals surface area contributed by atoms with Gasteiger partial charge in [0.15, 0.2) is 0 Å². The summed E-state index contributed by atoms with van der Waals surface area (Å²) in [5.41, 5.74) is 2.38. The lowest BCUT2D eigenvalue weighted by Gasteiger charge is -2.49. The average molecular weight is 331 g/mol. The minimum Gasteiger partial charge on any atom is -0.448 e. The molecule has 2 bridgehead atoms. The van der Waals surface area contributed by atoms with Crippen LogP contribution in [0.15, 0.2) is 28.5 Å². The quantitative estimate of drug-likeness (QED) is 0.847. The van der Waals surface area contributed by atoms with Crippen molar-refractivity contribution in [3.05, 3.63) is 24.0 Å². The highest BCUT2D eigenvalue weighted by atomic mass is 32.1. The molecule has 0 aromatic carbocycles. The fraction of sp³-hybridized carbons (Fsp3) is 0.500. The Morgan fingerprint density at radius 1 is 1.30 bits per heavy atom. The second kappa shape index (κ2) is 4.82. The maximum atomic E-state index is 12.4. The van der Waals surface area contributed by atoms with Crippen LogP contribution in [0, 0.1) is 5.92 Å². The van der Waals surface area contributed by atoms with Crippen LogP contribution in [0.1, 0.15) is 12.8 Å². The Kier molecular flexibility index (Phi) is 2.84. The average Bonchev–Trinajstić information content (AvgIpc) is 3.28. The molecule has 23 heavy (non-hydrogen) atoms. The monoisotopic (exact) mass is 331 g/mol. The molecule has 0 N–H and O–H groups in total. The van der Waals surface area contributed by atoms with Crippen molar-refractivity contribution in [1.82, 2.24) is 9.88 Å². The largest absolute Gasteiger partial charge is 0.448 e. The molecule has 0 unspecified atom stereocenters. The fourth-order valence-electron chi connectivity index (χ4n) is 4.13. The van der Waals surface area contributed by atoms with Crippen LogP contribution in [0.25, 0.3) is 10.4 Å². The molecule has 6 heterocycles. The van der Waals surface area contributed by atoms with Gasteiger partial charge >= 0.3 is 6.09 Å². The van der Waals surface area contributed by atoms with Crippen molar-refractivity contribution in [3.8, 4) is 10.4 Å². The molecule has 0 aliphatic carbocycles. The lowest BCUT2D eigenvalue weighted by Crippen LogP contribution is -2.61. The number of hydrogen-bond acceptors (Lipinski definition) is 6. The highest BCUT2D eigenvalue weighted by Gasteiger charge is 2.56. The van der Waals surface area contributed by atoms with Crippen molar-refractivity contribution in [1.29, 1.82) is 0 Å². The third-order valence-electron chi connectivity index (χ3n) is 5.33. The third kappa shape index (κ3) is 2.03. The summed E-state index contributed by atoms with van der Waals surface area (Å²) in [6.45, 7) is 3.69. The van der Waals surface area contributed by atoms with E-state index in [1.54, 1.807) is 34.2 Å². The zero-order valence-electron chi connectivity index (χ0n) is 12.6. The van der Waals surface area contributed by atoms with Crippen LogP contribution in [-0.4, -0.2) is 47.8 Å². The Morgan fingerprint density at radius 3 is 2.87 bits per heavy atom. The van der Waals surface area contributed by atoms with Crippen molar-refractivity contribution in [2.75, 3.05) is 31.1 Å². The lowest BCUT2D eigenvalue weighted by molar-refractivity contribution is -0.0881. The Morgan fingerprint density at radius 2 is 2.17 bits per heavy atom. The molecule has 7 heteroatoms. The molecule has 6 rings (SSSR count). The fourth-order valence-corrected chi connectivity index (χ4v) is 4.73. The highest BCUT2D eigenvalue weighted by Crippen LogP contribution is 2.43. The van der Waals surface area contributed by atoms with Crippen molar-refractivity contribution in [3.63, 3.8) is 0 Å². The molecule has 4 aliphatic rings. The normalized spacial score (nSPS) is 32.7. The summed E-state index contributed by atoms with van der Waals surface area (Å²) < 4.78 is 11.5. The number of piperidine rings is 3. The number of furan rings is 1.